The number of ketones is 1. The number of morpholine rings is 1. The summed E-state index contributed by atoms with van der Waals surface area (Å²) in [6.07, 6.45) is 1.62. The maximum atomic E-state index is 13.3. The van der Waals surface area contributed by atoms with Crippen molar-refractivity contribution < 1.29 is 24.2 Å². The average Bonchev–Trinajstić information content (AvgIpc) is 3.13. The molecule has 2 fully saturated rings. The van der Waals surface area contributed by atoms with Gasteiger partial charge in [-0.3, -0.25) is 14.5 Å². The number of ether oxygens (including phenoxy) is 2. The summed E-state index contributed by atoms with van der Waals surface area (Å²) in [6.45, 7) is 8.94. The first kappa shape index (κ1) is 26.4. The molecular weight excluding hydrogens is 524 g/mol. The third-order valence-corrected chi connectivity index (χ3v) is 7.14. The molecule has 2 heterocycles. The molecule has 1 amide bonds. The lowest BCUT2D eigenvalue weighted by Crippen LogP contribution is -2.38. The third-order valence-electron chi connectivity index (χ3n) is 6.61. The molecule has 0 unspecified atom stereocenters. The summed E-state index contributed by atoms with van der Waals surface area (Å²) in [5.74, 6) is -0.662. The molecule has 2 saturated heterocycles. The van der Waals surface area contributed by atoms with Gasteiger partial charge in [0.25, 0.3) is 11.7 Å². The smallest absolute Gasteiger partial charge is 0.295 e. The zero-order valence-electron chi connectivity index (χ0n) is 20.8. The molecule has 0 bridgehead atoms. The summed E-state index contributed by atoms with van der Waals surface area (Å²) in [5, 5.41) is 11.3. The van der Waals surface area contributed by atoms with Crippen LogP contribution in [0.25, 0.3) is 5.76 Å². The van der Waals surface area contributed by atoms with Gasteiger partial charge in [0.1, 0.15) is 11.5 Å². The van der Waals surface area contributed by atoms with Gasteiger partial charge in [-0.05, 0) is 61.2 Å². The number of aryl methyl sites for hydroxylation is 1. The molecular formula is C28H33BrN2O5. The summed E-state index contributed by atoms with van der Waals surface area (Å²) < 4.78 is 12.1. The predicted octanol–water partition coefficient (Wildman–Crippen LogP) is 4.69. The standard InChI is InChI=1S/C28H33BrN2O5/c1-3-15-36-23-10-7-21(18-19(23)2)26(32)24-25(20-5-8-22(29)9-6-20)31(28(34)27(24)33)12-4-11-30-13-16-35-17-14-30/h5-10,18,25,32H,3-4,11-17H2,1-2H3/t25-/m0/s1. The second-order valence-electron chi connectivity index (χ2n) is 9.18. The van der Waals surface area contributed by atoms with Crippen LogP contribution in [0.15, 0.2) is 52.5 Å². The van der Waals surface area contributed by atoms with Gasteiger partial charge in [-0.2, -0.15) is 0 Å². The van der Waals surface area contributed by atoms with Crippen LogP contribution < -0.4 is 4.74 Å². The number of aliphatic hydroxyl groups excluding tert-OH is 1. The van der Waals surface area contributed by atoms with E-state index in [2.05, 4.69) is 20.8 Å². The lowest BCUT2D eigenvalue weighted by Gasteiger charge is -2.29. The number of hydrogen-bond acceptors (Lipinski definition) is 6. The lowest BCUT2D eigenvalue weighted by molar-refractivity contribution is -0.140. The van der Waals surface area contributed by atoms with Crippen LogP contribution in [0.4, 0.5) is 0 Å². The predicted molar refractivity (Wildman–Crippen MR) is 142 cm³/mol. The van der Waals surface area contributed by atoms with E-state index in [1.54, 1.807) is 23.1 Å². The van der Waals surface area contributed by atoms with Crippen molar-refractivity contribution in [1.82, 2.24) is 9.80 Å². The van der Waals surface area contributed by atoms with E-state index in [-0.39, 0.29) is 11.3 Å². The molecule has 0 spiro atoms. The average molecular weight is 557 g/mol. The zero-order valence-corrected chi connectivity index (χ0v) is 22.4. The molecule has 192 valence electrons. The number of hydrogen-bond donors (Lipinski definition) is 1. The van der Waals surface area contributed by atoms with Crippen LogP contribution in [0.3, 0.4) is 0 Å². The van der Waals surface area contributed by atoms with Crippen LogP contribution in [0.5, 0.6) is 5.75 Å². The number of amides is 1. The summed E-state index contributed by atoms with van der Waals surface area (Å²) in [6, 6.07) is 12.2. The van der Waals surface area contributed by atoms with Crippen LogP contribution >= 0.6 is 15.9 Å². The van der Waals surface area contributed by atoms with Crippen molar-refractivity contribution >= 4 is 33.4 Å². The van der Waals surface area contributed by atoms with Crippen LogP contribution in [0.2, 0.25) is 0 Å². The fraction of sp³-hybridized carbons (Fsp3) is 0.429. The lowest BCUT2D eigenvalue weighted by atomic mass is 9.94. The molecule has 0 radical (unpaired) electrons. The molecule has 4 rings (SSSR count). The van der Waals surface area contributed by atoms with Gasteiger partial charge in [0.15, 0.2) is 0 Å². The Labute approximate surface area is 220 Å². The van der Waals surface area contributed by atoms with Crippen molar-refractivity contribution in [2.75, 3.05) is 46.0 Å². The number of Topliss-reactive ketones (excluding diaryl/α,β-unsaturated/α-hetero) is 1. The van der Waals surface area contributed by atoms with E-state index < -0.39 is 17.7 Å². The van der Waals surface area contributed by atoms with Crippen molar-refractivity contribution in [1.29, 1.82) is 0 Å². The fourth-order valence-corrected chi connectivity index (χ4v) is 4.98. The number of carbonyl (C=O) groups excluding carboxylic acids is 2. The molecule has 1 N–H and O–H groups in total. The van der Waals surface area contributed by atoms with Gasteiger partial charge in [0.2, 0.25) is 0 Å². The van der Waals surface area contributed by atoms with Gasteiger partial charge in [-0.25, -0.2) is 0 Å². The monoisotopic (exact) mass is 556 g/mol. The quantitative estimate of drug-likeness (QED) is 0.274. The minimum absolute atomic E-state index is 0.121. The Kier molecular flexibility index (Phi) is 8.82. The fourth-order valence-electron chi connectivity index (χ4n) is 4.72. The maximum absolute atomic E-state index is 13.3. The van der Waals surface area contributed by atoms with E-state index >= 15 is 0 Å². The van der Waals surface area contributed by atoms with E-state index in [0.29, 0.717) is 31.9 Å². The molecule has 7 nitrogen and oxygen atoms in total. The van der Waals surface area contributed by atoms with Gasteiger partial charge in [-0.1, -0.05) is 35.0 Å². The van der Waals surface area contributed by atoms with E-state index in [4.69, 9.17) is 9.47 Å². The Morgan fingerprint density at radius 1 is 1.11 bits per heavy atom. The van der Waals surface area contributed by atoms with Gasteiger partial charge in [-0.15, -0.1) is 0 Å². The number of rotatable bonds is 9. The van der Waals surface area contributed by atoms with Gasteiger partial charge < -0.3 is 19.5 Å². The molecule has 8 heteroatoms. The minimum atomic E-state index is -0.657. The number of benzene rings is 2. The first-order valence-corrected chi connectivity index (χ1v) is 13.3. The zero-order chi connectivity index (χ0) is 25.7. The highest BCUT2D eigenvalue weighted by Crippen LogP contribution is 2.40. The number of carbonyl (C=O) groups is 2. The molecule has 2 aromatic carbocycles. The first-order valence-electron chi connectivity index (χ1n) is 12.5. The summed E-state index contributed by atoms with van der Waals surface area (Å²) in [4.78, 5) is 30.4. The second kappa shape index (κ2) is 12.0. The highest BCUT2D eigenvalue weighted by atomic mass is 79.9. The van der Waals surface area contributed by atoms with E-state index in [9.17, 15) is 14.7 Å². The Hall–Kier alpha value is -2.68. The van der Waals surface area contributed by atoms with E-state index in [0.717, 1.165) is 53.8 Å². The third kappa shape index (κ3) is 5.82. The van der Waals surface area contributed by atoms with Crippen molar-refractivity contribution in [2.24, 2.45) is 0 Å². The molecule has 0 aliphatic carbocycles. The minimum Gasteiger partial charge on any atom is -0.507 e. The van der Waals surface area contributed by atoms with Gasteiger partial charge >= 0.3 is 0 Å². The van der Waals surface area contributed by atoms with Crippen molar-refractivity contribution in [2.45, 2.75) is 32.7 Å². The summed E-state index contributed by atoms with van der Waals surface area (Å²) in [7, 11) is 0. The van der Waals surface area contributed by atoms with Crippen molar-refractivity contribution in [3.63, 3.8) is 0 Å². The highest BCUT2D eigenvalue weighted by molar-refractivity contribution is 9.10. The molecule has 0 saturated carbocycles. The normalized spacial score (nSPS) is 20.2. The number of halogens is 1. The Morgan fingerprint density at radius 3 is 2.50 bits per heavy atom. The Bertz CT molecular complexity index is 1130. The van der Waals surface area contributed by atoms with Gasteiger partial charge in [0, 0.05) is 36.2 Å². The summed E-state index contributed by atoms with van der Waals surface area (Å²) in [5.41, 5.74) is 2.25. The topological polar surface area (TPSA) is 79.3 Å². The van der Waals surface area contributed by atoms with Crippen LogP contribution in [0.1, 0.15) is 42.5 Å². The van der Waals surface area contributed by atoms with Gasteiger partial charge in [0.05, 0.1) is 31.4 Å². The largest absolute Gasteiger partial charge is 0.507 e. The van der Waals surface area contributed by atoms with Crippen molar-refractivity contribution in [3.8, 4) is 5.75 Å². The Balaban J connectivity index is 1.66. The Morgan fingerprint density at radius 2 is 1.83 bits per heavy atom. The van der Waals surface area contributed by atoms with Crippen LogP contribution in [0, 0.1) is 6.92 Å². The van der Waals surface area contributed by atoms with E-state index in [1.807, 2.05) is 38.1 Å². The number of likely N-dealkylation sites (tertiary alicyclic amines) is 1. The van der Waals surface area contributed by atoms with Crippen LogP contribution in [-0.4, -0.2) is 72.6 Å². The molecule has 36 heavy (non-hydrogen) atoms. The number of nitrogens with zero attached hydrogens (tertiary/aromatic N) is 2. The van der Waals surface area contributed by atoms with Crippen molar-refractivity contribution in [3.05, 3.63) is 69.2 Å². The SMILES string of the molecule is CCCOc1ccc(C(O)=C2C(=O)C(=O)N(CCCN3CCOCC3)[C@H]2c2ccc(Br)cc2)cc1C. The molecule has 2 aliphatic heterocycles. The number of aliphatic hydroxyl groups is 1. The van der Waals surface area contributed by atoms with Crippen LogP contribution in [-0.2, 0) is 14.3 Å². The maximum Gasteiger partial charge on any atom is 0.295 e. The highest BCUT2D eigenvalue weighted by Gasteiger charge is 2.45. The molecule has 2 aromatic rings. The second-order valence-corrected chi connectivity index (χ2v) is 10.1. The molecule has 1 atom stereocenters. The molecule has 0 aromatic heterocycles. The molecule has 2 aliphatic rings. The van der Waals surface area contributed by atoms with E-state index in [1.165, 1.54) is 0 Å². The summed E-state index contributed by atoms with van der Waals surface area (Å²) >= 11 is 3.46. The first-order chi connectivity index (χ1) is 17.4.